The van der Waals surface area contributed by atoms with Crippen molar-refractivity contribution in [2.75, 3.05) is 0 Å². The molecule has 0 atom stereocenters. The molecule has 0 N–H and O–H groups in total. The summed E-state index contributed by atoms with van der Waals surface area (Å²) in [5, 5.41) is 0.558. The molecule has 0 bridgehead atoms. The summed E-state index contributed by atoms with van der Waals surface area (Å²) in [5.41, 5.74) is 0. The Morgan fingerprint density at radius 2 is 2.38 bits per heavy atom. The van der Waals surface area contributed by atoms with Crippen molar-refractivity contribution in [1.29, 1.82) is 0 Å². The summed E-state index contributed by atoms with van der Waals surface area (Å²) in [6.45, 7) is 0. The molecule has 0 aromatic carbocycles. The molecule has 0 fully saturated rings. The first kappa shape index (κ1) is 8.44. The van der Waals surface area contributed by atoms with Crippen molar-refractivity contribution in [3.8, 4) is 0 Å². The van der Waals surface area contributed by atoms with Crippen LogP contribution in [0.3, 0.4) is 0 Å². The van der Waals surface area contributed by atoms with Crippen molar-refractivity contribution in [3.63, 3.8) is 0 Å². The van der Waals surface area contributed by atoms with Gasteiger partial charge in [0, 0.05) is 0 Å². The van der Waals surface area contributed by atoms with Crippen LogP contribution in [0.4, 0.5) is 0 Å². The zero-order valence-electron chi connectivity index (χ0n) is 4.56. The van der Waals surface area contributed by atoms with E-state index in [1.807, 2.05) is 0 Å². The van der Waals surface area contributed by atoms with Crippen LogP contribution in [0.5, 0.6) is 0 Å². The standard InChI is InChI=1S/C5H3ClN.Na/c6-5-2-1-3-7-4-5;/h1-3H;/q-1;+1. The number of nitrogens with zero attached hydrogens (tertiary/aromatic N) is 1. The third-order valence-corrected chi connectivity index (χ3v) is 0.785. The van der Waals surface area contributed by atoms with E-state index in [-0.39, 0.29) is 29.6 Å². The van der Waals surface area contributed by atoms with Gasteiger partial charge in [-0.2, -0.15) is 6.07 Å². The van der Waals surface area contributed by atoms with E-state index in [0.717, 1.165) is 0 Å². The van der Waals surface area contributed by atoms with Crippen molar-refractivity contribution in [2.45, 2.75) is 0 Å². The van der Waals surface area contributed by atoms with Crippen LogP contribution in [0.1, 0.15) is 0 Å². The second kappa shape index (κ2) is 4.33. The monoisotopic (exact) mass is 135 g/mol. The molecule has 36 valence electrons. The molecule has 1 nitrogen and oxygen atoms in total. The second-order valence-electron chi connectivity index (χ2n) is 1.10. The average molecular weight is 136 g/mol. The third kappa shape index (κ3) is 2.68. The second-order valence-corrected chi connectivity index (χ2v) is 1.50. The number of aromatic nitrogens is 1. The van der Waals surface area contributed by atoms with Gasteiger partial charge in [0.05, 0.1) is 0 Å². The van der Waals surface area contributed by atoms with E-state index < -0.39 is 0 Å². The Morgan fingerprint density at radius 1 is 1.62 bits per heavy atom. The van der Waals surface area contributed by atoms with Crippen LogP contribution < -0.4 is 29.6 Å². The van der Waals surface area contributed by atoms with Gasteiger partial charge in [0.2, 0.25) is 0 Å². The third-order valence-electron chi connectivity index (χ3n) is 0.575. The minimum atomic E-state index is 0. The Morgan fingerprint density at radius 3 is 2.62 bits per heavy atom. The van der Waals surface area contributed by atoms with Crippen LogP contribution in [-0.4, -0.2) is 4.98 Å². The summed E-state index contributed by atoms with van der Waals surface area (Å²) < 4.78 is 0. The Bertz CT molecular complexity index is 142. The van der Waals surface area contributed by atoms with E-state index in [1.54, 1.807) is 18.3 Å². The van der Waals surface area contributed by atoms with Gasteiger partial charge in [0.1, 0.15) is 0 Å². The van der Waals surface area contributed by atoms with Gasteiger partial charge >= 0.3 is 29.6 Å². The SMILES string of the molecule is Clc1[c-]nccc1.[Na+]. The summed E-state index contributed by atoms with van der Waals surface area (Å²) >= 11 is 5.42. The maximum atomic E-state index is 5.42. The van der Waals surface area contributed by atoms with Crippen LogP contribution in [-0.2, 0) is 0 Å². The minimum absolute atomic E-state index is 0. The molecule has 1 aromatic heterocycles. The first-order valence-electron chi connectivity index (χ1n) is 1.88. The molecule has 0 saturated carbocycles. The maximum absolute atomic E-state index is 5.42. The van der Waals surface area contributed by atoms with E-state index >= 15 is 0 Å². The minimum Gasteiger partial charge on any atom is -0.393 e. The normalized spacial score (nSPS) is 7.62. The molecule has 0 amide bonds. The van der Waals surface area contributed by atoms with Crippen molar-refractivity contribution < 1.29 is 29.6 Å². The molecule has 0 saturated heterocycles. The van der Waals surface area contributed by atoms with E-state index in [0.29, 0.717) is 5.02 Å². The molecule has 0 aliphatic rings. The molecule has 3 heteroatoms. The quantitative estimate of drug-likeness (QED) is 0.313. The zero-order chi connectivity index (χ0) is 5.11. The molecule has 0 radical (unpaired) electrons. The number of halogens is 1. The first-order valence-corrected chi connectivity index (χ1v) is 2.25. The van der Waals surface area contributed by atoms with E-state index in [2.05, 4.69) is 11.2 Å². The summed E-state index contributed by atoms with van der Waals surface area (Å²) in [4.78, 5) is 3.63. The smallest absolute Gasteiger partial charge is 0.393 e. The molecule has 0 aliphatic heterocycles. The Balaban J connectivity index is 0.000000490. The molecule has 0 spiro atoms. The van der Waals surface area contributed by atoms with Crippen molar-refractivity contribution in [3.05, 3.63) is 29.5 Å². The van der Waals surface area contributed by atoms with Crippen LogP contribution >= 0.6 is 11.6 Å². The van der Waals surface area contributed by atoms with E-state index in [9.17, 15) is 0 Å². The number of hydrogen-bond acceptors (Lipinski definition) is 1. The van der Waals surface area contributed by atoms with Gasteiger partial charge in [0.25, 0.3) is 0 Å². The van der Waals surface area contributed by atoms with Crippen LogP contribution in [0.15, 0.2) is 18.3 Å². The Labute approximate surface area is 75.4 Å². The van der Waals surface area contributed by atoms with Gasteiger partial charge in [-0.15, -0.1) is 17.7 Å². The van der Waals surface area contributed by atoms with Crippen LogP contribution in [0.2, 0.25) is 5.02 Å². The van der Waals surface area contributed by atoms with Crippen molar-refractivity contribution in [1.82, 2.24) is 4.98 Å². The van der Waals surface area contributed by atoms with Gasteiger partial charge in [-0.05, 0) is 0 Å². The van der Waals surface area contributed by atoms with Crippen molar-refractivity contribution in [2.24, 2.45) is 0 Å². The van der Waals surface area contributed by atoms with Gasteiger partial charge in [-0.3, -0.25) is 0 Å². The van der Waals surface area contributed by atoms with Crippen LogP contribution in [0, 0.1) is 6.20 Å². The average Bonchev–Trinajstić information content (AvgIpc) is 1.69. The van der Waals surface area contributed by atoms with Gasteiger partial charge in [0.15, 0.2) is 0 Å². The van der Waals surface area contributed by atoms with Crippen molar-refractivity contribution >= 4 is 11.6 Å². The Kier molecular flexibility index (Phi) is 4.57. The molecule has 1 aromatic rings. The van der Waals surface area contributed by atoms with Gasteiger partial charge in [-0.25, -0.2) is 0 Å². The summed E-state index contributed by atoms with van der Waals surface area (Å²) in [5.74, 6) is 0. The number of rotatable bonds is 0. The maximum Gasteiger partial charge on any atom is 1.00 e. The topological polar surface area (TPSA) is 12.9 Å². The van der Waals surface area contributed by atoms with E-state index in [4.69, 9.17) is 11.6 Å². The molecular formula is C5H3ClNNa. The fraction of sp³-hybridized carbons (Fsp3) is 0. The molecule has 8 heavy (non-hydrogen) atoms. The van der Waals surface area contributed by atoms with Crippen LogP contribution in [0.25, 0.3) is 0 Å². The molecule has 0 aliphatic carbocycles. The van der Waals surface area contributed by atoms with Gasteiger partial charge in [-0.1, -0.05) is 17.4 Å². The first-order chi connectivity index (χ1) is 3.39. The van der Waals surface area contributed by atoms with Gasteiger partial charge < -0.3 is 4.98 Å². The molecule has 1 rings (SSSR count). The number of hydrogen-bond donors (Lipinski definition) is 0. The fourth-order valence-electron chi connectivity index (χ4n) is 0.307. The molecule has 1 heterocycles. The molecule has 0 unspecified atom stereocenters. The zero-order valence-corrected chi connectivity index (χ0v) is 7.31. The van der Waals surface area contributed by atoms with E-state index in [1.165, 1.54) is 0 Å². The largest absolute Gasteiger partial charge is 1.00 e. The summed E-state index contributed by atoms with van der Waals surface area (Å²) in [6.07, 6.45) is 4.18. The predicted octanol–water partition coefficient (Wildman–Crippen LogP) is -1.46. The predicted molar refractivity (Wildman–Crippen MR) is 28.1 cm³/mol. The summed E-state index contributed by atoms with van der Waals surface area (Å²) in [6, 6.07) is 3.49. The molecular weight excluding hydrogens is 133 g/mol. The number of pyridine rings is 1. The summed E-state index contributed by atoms with van der Waals surface area (Å²) in [7, 11) is 0. The fourth-order valence-corrected chi connectivity index (χ4v) is 0.428. The Hall–Kier alpha value is 0.440.